The summed E-state index contributed by atoms with van der Waals surface area (Å²) >= 11 is 3.55. The Hall–Kier alpha value is -1.93. The quantitative estimate of drug-likeness (QED) is 0.624. The molecule has 1 aliphatic heterocycles. The van der Waals surface area contributed by atoms with Crippen LogP contribution < -0.4 is 14.5 Å². The average molecular weight is 416 g/mol. The van der Waals surface area contributed by atoms with E-state index in [1.54, 1.807) is 18.4 Å². The summed E-state index contributed by atoms with van der Waals surface area (Å²) in [7, 11) is 1.70. The fourth-order valence-corrected chi connectivity index (χ4v) is 6.22. The van der Waals surface area contributed by atoms with E-state index in [0.717, 1.165) is 47.7 Å². The van der Waals surface area contributed by atoms with E-state index in [1.807, 2.05) is 23.5 Å². The lowest BCUT2D eigenvalue weighted by molar-refractivity contribution is 0.415. The van der Waals surface area contributed by atoms with Gasteiger partial charge in [0.25, 0.3) is 0 Å². The average Bonchev–Trinajstić information content (AvgIpc) is 3.41. The molecule has 6 nitrogen and oxygen atoms in total. The third kappa shape index (κ3) is 3.55. The summed E-state index contributed by atoms with van der Waals surface area (Å²) in [6, 6.07) is 6.09. The molecule has 5 rings (SSSR count). The summed E-state index contributed by atoms with van der Waals surface area (Å²) < 4.78 is 6.51. The highest BCUT2D eigenvalue weighted by atomic mass is 32.1. The van der Waals surface area contributed by atoms with Crippen LogP contribution in [0.3, 0.4) is 0 Å². The Bertz CT molecular complexity index is 941. The van der Waals surface area contributed by atoms with Crippen molar-refractivity contribution in [1.29, 1.82) is 0 Å². The van der Waals surface area contributed by atoms with Gasteiger partial charge in [0, 0.05) is 32.1 Å². The van der Waals surface area contributed by atoms with Gasteiger partial charge >= 0.3 is 0 Å². The Labute approximate surface area is 173 Å². The molecule has 0 unspecified atom stereocenters. The minimum atomic E-state index is 0.640. The van der Waals surface area contributed by atoms with Gasteiger partial charge in [0.05, 0.1) is 17.3 Å². The topological polar surface area (TPSA) is 54.4 Å². The van der Waals surface area contributed by atoms with Gasteiger partial charge in [-0.2, -0.15) is 0 Å². The van der Waals surface area contributed by atoms with E-state index in [4.69, 9.17) is 9.72 Å². The molecule has 0 radical (unpaired) electrons. The lowest BCUT2D eigenvalue weighted by Crippen LogP contribution is -2.46. The van der Waals surface area contributed by atoms with E-state index in [2.05, 4.69) is 26.1 Å². The van der Waals surface area contributed by atoms with E-state index in [-0.39, 0.29) is 0 Å². The Morgan fingerprint density at radius 2 is 1.68 bits per heavy atom. The Morgan fingerprint density at radius 1 is 0.929 bits per heavy atom. The van der Waals surface area contributed by atoms with Crippen molar-refractivity contribution in [3.63, 3.8) is 0 Å². The smallest absolute Gasteiger partial charge is 0.208 e. The lowest BCUT2D eigenvalue weighted by atomic mass is 9.90. The van der Waals surface area contributed by atoms with Crippen LogP contribution in [0.4, 0.5) is 10.3 Å². The molecule has 0 atom stereocenters. The molecule has 0 bridgehead atoms. The van der Waals surface area contributed by atoms with Crippen LogP contribution in [0, 0.1) is 0 Å². The van der Waals surface area contributed by atoms with Crippen LogP contribution in [0.2, 0.25) is 0 Å². The molecule has 0 spiro atoms. The monoisotopic (exact) mass is 415 g/mol. The highest BCUT2D eigenvalue weighted by Gasteiger charge is 2.25. The number of piperazine rings is 1. The van der Waals surface area contributed by atoms with Crippen molar-refractivity contribution in [2.24, 2.45) is 0 Å². The lowest BCUT2D eigenvalue weighted by Gasteiger charge is -2.34. The maximum absolute atomic E-state index is 5.33. The van der Waals surface area contributed by atoms with Crippen molar-refractivity contribution in [3.8, 4) is 5.75 Å². The van der Waals surface area contributed by atoms with E-state index >= 15 is 0 Å². The maximum atomic E-state index is 5.33. The molecular weight excluding hydrogens is 390 g/mol. The Balaban J connectivity index is 1.24. The molecule has 2 aromatic heterocycles. The molecule has 28 heavy (non-hydrogen) atoms. The third-order valence-corrected chi connectivity index (χ3v) is 8.01. The first-order valence-electron chi connectivity index (χ1n) is 10.1. The van der Waals surface area contributed by atoms with Crippen molar-refractivity contribution in [2.75, 3.05) is 43.1 Å². The van der Waals surface area contributed by atoms with Gasteiger partial charge in [0.15, 0.2) is 5.13 Å². The van der Waals surface area contributed by atoms with E-state index in [0.29, 0.717) is 5.92 Å². The van der Waals surface area contributed by atoms with Crippen molar-refractivity contribution in [2.45, 2.75) is 38.0 Å². The van der Waals surface area contributed by atoms with Gasteiger partial charge in [0.2, 0.25) is 5.13 Å². The second-order valence-electron chi connectivity index (χ2n) is 7.56. The molecule has 1 saturated heterocycles. The number of hydrogen-bond acceptors (Lipinski definition) is 8. The second kappa shape index (κ2) is 7.83. The highest BCUT2D eigenvalue weighted by molar-refractivity contribution is 7.22. The van der Waals surface area contributed by atoms with Gasteiger partial charge in [-0.25, -0.2) is 4.98 Å². The van der Waals surface area contributed by atoms with Gasteiger partial charge in [0.1, 0.15) is 10.8 Å². The molecular formula is C20H25N5OS2. The number of benzene rings is 1. The molecule has 3 heterocycles. The van der Waals surface area contributed by atoms with Crippen LogP contribution in [0.15, 0.2) is 18.2 Å². The normalized spacial score (nSPS) is 18.8. The summed E-state index contributed by atoms with van der Waals surface area (Å²) in [5, 5.41) is 12.5. The first-order chi connectivity index (χ1) is 13.8. The van der Waals surface area contributed by atoms with Crippen LogP contribution >= 0.6 is 22.7 Å². The van der Waals surface area contributed by atoms with Crippen molar-refractivity contribution >= 4 is 43.2 Å². The second-order valence-corrected chi connectivity index (χ2v) is 9.56. The van der Waals surface area contributed by atoms with Gasteiger partial charge in [-0.1, -0.05) is 41.9 Å². The maximum Gasteiger partial charge on any atom is 0.208 e. The summed E-state index contributed by atoms with van der Waals surface area (Å²) in [6.07, 6.45) is 6.62. The number of thiazole rings is 1. The zero-order valence-electron chi connectivity index (χ0n) is 16.1. The van der Waals surface area contributed by atoms with Gasteiger partial charge in [-0.3, -0.25) is 0 Å². The van der Waals surface area contributed by atoms with Crippen LogP contribution in [0.5, 0.6) is 5.75 Å². The summed E-state index contributed by atoms with van der Waals surface area (Å²) in [6.45, 7) is 3.88. The number of methoxy groups -OCH3 is 1. The zero-order chi connectivity index (χ0) is 18.9. The van der Waals surface area contributed by atoms with Crippen LogP contribution in [0.1, 0.15) is 43.0 Å². The molecule has 1 aliphatic carbocycles. The predicted molar refractivity (Wildman–Crippen MR) is 116 cm³/mol. The molecule has 148 valence electrons. The van der Waals surface area contributed by atoms with Gasteiger partial charge < -0.3 is 14.5 Å². The summed E-state index contributed by atoms with van der Waals surface area (Å²) in [5.74, 6) is 1.53. The molecule has 0 N–H and O–H groups in total. The van der Waals surface area contributed by atoms with Crippen molar-refractivity contribution in [3.05, 3.63) is 23.2 Å². The molecule has 2 fully saturated rings. The number of hydrogen-bond donors (Lipinski definition) is 0. The molecule has 0 amide bonds. The van der Waals surface area contributed by atoms with Crippen LogP contribution in [0.25, 0.3) is 10.2 Å². The largest absolute Gasteiger partial charge is 0.497 e. The number of anilines is 2. The minimum Gasteiger partial charge on any atom is -0.497 e. The molecule has 1 aromatic carbocycles. The van der Waals surface area contributed by atoms with Gasteiger partial charge in [-0.15, -0.1) is 10.2 Å². The third-order valence-electron chi connectivity index (χ3n) is 5.79. The Morgan fingerprint density at radius 3 is 2.43 bits per heavy atom. The van der Waals surface area contributed by atoms with Gasteiger partial charge in [-0.05, 0) is 31.0 Å². The standard InChI is InChI=1S/C20H25N5OS2/c1-26-15-7-8-16-17(13-15)27-19(21-16)24-9-11-25(12-10-24)20-23-22-18(28-20)14-5-3-2-4-6-14/h7-8,13-14H,2-6,9-12H2,1H3. The number of nitrogens with zero attached hydrogens (tertiary/aromatic N) is 5. The molecule has 1 saturated carbocycles. The van der Waals surface area contributed by atoms with E-state index in [1.165, 1.54) is 41.8 Å². The number of rotatable bonds is 4. The molecule has 2 aliphatic rings. The predicted octanol–water partition coefficient (Wildman–Crippen LogP) is 4.53. The summed E-state index contributed by atoms with van der Waals surface area (Å²) in [5.41, 5.74) is 1.05. The van der Waals surface area contributed by atoms with Crippen molar-refractivity contribution in [1.82, 2.24) is 15.2 Å². The summed E-state index contributed by atoms with van der Waals surface area (Å²) in [4.78, 5) is 9.59. The zero-order valence-corrected chi connectivity index (χ0v) is 17.8. The Kier molecular flexibility index (Phi) is 5.07. The van der Waals surface area contributed by atoms with Crippen LogP contribution in [-0.2, 0) is 0 Å². The first kappa shape index (κ1) is 18.1. The highest BCUT2D eigenvalue weighted by Crippen LogP contribution is 2.37. The minimum absolute atomic E-state index is 0.640. The van der Waals surface area contributed by atoms with E-state index < -0.39 is 0 Å². The SMILES string of the molecule is COc1ccc2nc(N3CCN(c4nnc(C5CCCCC5)s4)CC3)sc2c1. The fraction of sp³-hybridized carbons (Fsp3) is 0.550. The first-order valence-corrected chi connectivity index (χ1v) is 11.7. The molecule has 8 heteroatoms. The van der Waals surface area contributed by atoms with E-state index in [9.17, 15) is 0 Å². The number of fused-ring (bicyclic) bond motifs is 1. The van der Waals surface area contributed by atoms with Crippen LogP contribution in [-0.4, -0.2) is 48.5 Å². The number of aromatic nitrogens is 3. The fourth-order valence-electron chi connectivity index (χ4n) is 4.11. The van der Waals surface area contributed by atoms with Crippen molar-refractivity contribution < 1.29 is 4.74 Å². The number of ether oxygens (including phenoxy) is 1. The molecule has 3 aromatic rings.